The number of hydrogen-bond donors (Lipinski definition) is 2. The van der Waals surface area contributed by atoms with E-state index in [1.807, 2.05) is 18.2 Å². The minimum Gasteiger partial charge on any atom is -0.582 e. The molecule has 5 heteroatoms. The predicted molar refractivity (Wildman–Crippen MR) is 126 cm³/mol. The fourth-order valence-electron chi connectivity index (χ4n) is 3.66. The number of rotatable bonds is 7. The number of benzene rings is 3. The van der Waals surface area contributed by atoms with Crippen molar-refractivity contribution in [3.05, 3.63) is 91.0 Å². The molecule has 0 amide bonds. The van der Waals surface area contributed by atoms with Gasteiger partial charge in [0.1, 0.15) is 13.1 Å². The number of quaternary nitrogens is 2. The van der Waals surface area contributed by atoms with Crippen LogP contribution < -0.4 is 45.0 Å². The standard InChI is InChI=1S/C19H18BO.C6H16N2.Li/c1-21-20(17-11-5-2-6-12-17,18-13-7-3-8-14-18)19-15-9-4-10-16-19;1-7(2)5-6-8(3)4;/h2-16H,1H3;5-6H2,1-4H3;/q-1;;+1/p+2. The molecule has 0 aromatic heterocycles. The van der Waals surface area contributed by atoms with Crippen molar-refractivity contribution in [1.82, 2.24) is 0 Å². The molecule has 0 aliphatic rings. The van der Waals surface area contributed by atoms with E-state index in [2.05, 4.69) is 101 Å². The molecule has 30 heavy (non-hydrogen) atoms. The van der Waals surface area contributed by atoms with Crippen molar-refractivity contribution in [2.75, 3.05) is 48.4 Å². The van der Waals surface area contributed by atoms with Gasteiger partial charge in [-0.25, -0.2) is 0 Å². The van der Waals surface area contributed by atoms with Crippen LogP contribution in [0.15, 0.2) is 91.0 Å². The zero-order chi connectivity index (χ0) is 21.1. The van der Waals surface area contributed by atoms with Gasteiger partial charge in [-0.15, -0.1) is 0 Å². The first kappa shape index (κ1) is 26.2. The second-order valence-electron chi connectivity index (χ2n) is 8.17. The number of nitrogens with one attached hydrogen (secondary N) is 2. The minimum atomic E-state index is -1.40. The third kappa shape index (κ3) is 7.16. The van der Waals surface area contributed by atoms with Crippen LogP contribution in [0.1, 0.15) is 0 Å². The van der Waals surface area contributed by atoms with E-state index in [1.54, 1.807) is 7.11 Å². The summed E-state index contributed by atoms with van der Waals surface area (Å²) in [5.74, 6) is 0. The van der Waals surface area contributed by atoms with Crippen LogP contribution in [0, 0.1) is 0 Å². The van der Waals surface area contributed by atoms with Crippen LogP contribution in [-0.2, 0) is 4.65 Å². The summed E-state index contributed by atoms with van der Waals surface area (Å²) in [7, 11) is 10.5. The zero-order valence-corrected chi connectivity index (χ0v) is 19.6. The van der Waals surface area contributed by atoms with Crippen molar-refractivity contribution in [1.29, 1.82) is 0 Å². The molecule has 3 rings (SSSR count). The van der Waals surface area contributed by atoms with Gasteiger partial charge in [0.05, 0.1) is 28.2 Å². The quantitative estimate of drug-likeness (QED) is 0.397. The second kappa shape index (κ2) is 13.5. The number of hydrogen-bond acceptors (Lipinski definition) is 1. The molecule has 0 aliphatic carbocycles. The van der Waals surface area contributed by atoms with E-state index in [4.69, 9.17) is 4.65 Å². The van der Waals surface area contributed by atoms with E-state index in [0.717, 1.165) is 0 Å². The Kier molecular flexibility index (Phi) is 11.8. The molecule has 3 aromatic carbocycles. The number of likely N-dealkylation sites (N-methyl/N-ethyl adjacent to an activating group) is 2. The molecular formula is C25H36BLiN2O+2. The minimum absolute atomic E-state index is 0. The molecular weight excluding hydrogens is 362 g/mol. The van der Waals surface area contributed by atoms with Gasteiger partial charge in [0.15, 0.2) is 6.35 Å². The summed E-state index contributed by atoms with van der Waals surface area (Å²) >= 11 is 0. The van der Waals surface area contributed by atoms with Gasteiger partial charge in [0.25, 0.3) is 0 Å². The predicted octanol–water partition coefficient (Wildman–Crippen LogP) is -3.42. The normalized spacial score (nSPS) is 10.9. The topological polar surface area (TPSA) is 18.1 Å². The maximum atomic E-state index is 6.16. The molecule has 0 unspecified atom stereocenters. The van der Waals surface area contributed by atoms with Crippen LogP contribution in [0.2, 0.25) is 0 Å². The summed E-state index contributed by atoms with van der Waals surface area (Å²) in [6.45, 7) is 2.53. The van der Waals surface area contributed by atoms with Crippen LogP contribution in [0.25, 0.3) is 0 Å². The Labute approximate surface area is 195 Å². The van der Waals surface area contributed by atoms with E-state index < -0.39 is 6.35 Å². The molecule has 0 heterocycles. The van der Waals surface area contributed by atoms with Crippen LogP contribution in [0.3, 0.4) is 0 Å². The van der Waals surface area contributed by atoms with E-state index in [1.165, 1.54) is 39.3 Å². The van der Waals surface area contributed by atoms with Crippen LogP contribution in [-0.4, -0.2) is 54.7 Å². The summed E-state index contributed by atoms with van der Waals surface area (Å²) in [4.78, 5) is 3.07. The third-order valence-corrected chi connectivity index (χ3v) is 5.29. The average Bonchev–Trinajstić information content (AvgIpc) is 2.76. The Hall–Kier alpha value is -1.80. The zero-order valence-electron chi connectivity index (χ0n) is 19.6. The molecule has 3 nitrogen and oxygen atoms in total. The van der Waals surface area contributed by atoms with Gasteiger partial charge in [-0.05, 0) is 7.11 Å². The smallest absolute Gasteiger partial charge is 0.582 e. The van der Waals surface area contributed by atoms with E-state index >= 15 is 0 Å². The average molecular weight is 398 g/mol. The molecule has 0 spiro atoms. The van der Waals surface area contributed by atoms with Gasteiger partial charge in [0.2, 0.25) is 0 Å². The molecule has 0 fully saturated rings. The summed E-state index contributed by atoms with van der Waals surface area (Å²) in [6, 6.07) is 31.4. The Bertz CT molecular complexity index is 710. The van der Waals surface area contributed by atoms with Gasteiger partial charge in [0, 0.05) is 0 Å². The van der Waals surface area contributed by atoms with Crippen molar-refractivity contribution in [2.24, 2.45) is 0 Å². The van der Waals surface area contributed by atoms with Crippen molar-refractivity contribution < 1.29 is 33.3 Å². The Morgan fingerprint density at radius 1 is 0.567 bits per heavy atom. The molecule has 0 atom stereocenters. The van der Waals surface area contributed by atoms with Gasteiger partial charge < -0.3 is 14.5 Å². The molecule has 0 bridgehead atoms. The fraction of sp³-hybridized carbons (Fsp3) is 0.280. The SMILES string of the molecule is CO[B-](c1ccccc1)(c1ccccc1)c1ccccc1.C[NH+](C)CC[NH+](C)C.[Li+]. The van der Waals surface area contributed by atoms with Gasteiger partial charge in [-0.2, -0.15) is 16.4 Å². The first-order valence-corrected chi connectivity index (χ1v) is 10.4. The molecule has 0 aliphatic heterocycles. The fourth-order valence-corrected chi connectivity index (χ4v) is 3.66. The van der Waals surface area contributed by atoms with Gasteiger partial charge >= 0.3 is 18.9 Å². The van der Waals surface area contributed by atoms with E-state index in [9.17, 15) is 0 Å². The van der Waals surface area contributed by atoms with E-state index in [0.29, 0.717) is 0 Å². The first-order chi connectivity index (χ1) is 14.0. The van der Waals surface area contributed by atoms with Gasteiger partial charge in [-0.3, -0.25) is 0 Å². The summed E-state index contributed by atoms with van der Waals surface area (Å²) in [5.41, 5.74) is 3.58. The Morgan fingerprint density at radius 2 is 0.833 bits per heavy atom. The third-order valence-electron chi connectivity index (χ3n) is 5.29. The van der Waals surface area contributed by atoms with Crippen LogP contribution in [0.4, 0.5) is 0 Å². The first-order valence-electron chi connectivity index (χ1n) is 10.4. The van der Waals surface area contributed by atoms with Crippen LogP contribution >= 0.6 is 0 Å². The van der Waals surface area contributed by atoms with Gasteiger partial charge in [-0.1, -0.05) is 91.0 Å². The maximum Gasteiger partial charge on any atom is 1.00 e. The molecule has 0 radical (unpaired) electrons. The van der Waals surface area contributed by atoms with Crippen molar-refractivity contribution in [3.8, 4) is 0 Å². The largest absolute Gasteiger partial charge is 1.00 e. The molecule has 0 saturated carbocycles. The monoisotopic (exact) mass is 398 g/mol. The maximum absolute atomic E-state index is 6.16. The molecule has 2 N–H and O–H groups in total. The Balaban J connectivity index is 0.000000431. The van der Waals surface area contributed by atoms with E-state index in [-0.39, 0.29) is 18.9 Å². The molecule has 154 valence electrons. The van der Waals surface area contributed by atoms with Crippen LogP contribution in [0.5, 0.6) is 0 Å². The summed E-state index contributed by atoms with van der Waals surface area (Å²) in [6.07, 6.45) is -1.40. The second-order valence-corrected chi connectivity index (χ2v) is 8.17. The summed E-state index contributed by atoms with van der Waals surface area (Å²) < 4.78 is 6.16. The Morgan fingerprint density at radius 3 is 1.03 bits per heavy atom. The molecule has 0 saturated heterocycles. The summed E-state index contributed by atoms with van der Waals surface area (Å²) in [5, 5.41) is 0. The van der Waals surface area contributed by atoms with Crippen molar-refractivity contribution in [3.63, 3.8) is 0 Å². The van der Waals surface area contributed by atoms with Crippen molar-refractivity contribution >= 4 is 22.7 Å². The van der Waals surface area contributed by atoms with Crippen molar-refractivity contribution in [2.45, 2.75) is 0 Å². The molecule has 3 aromatic rings.